The van der Waals surface area contributed by atoms with E-state index >= 15 is 0 Å². The largest absolute Gasteiger partial charge is 0.491 e. The van der Waals surface area contributed by atoms with Crippen LogP contribution in [0.4, 0.5) is 11.5 Å². The highest BCUT2D eigenvalue weighted by molar-refractivity contribution is 5.62. The van der Waals surface area contributed by atoms with Gasteiger partial charge in [-0.2, -0.15) is 0 Å². The van der Waals surface area contributed by atoms with Crippen LogP contribution in [-0.2, 0) is 7.05 Å². The number of fused-ring (bicyclic) bond motifs is 1. The Morgan fingerprint density at radius 3 is 2.95 bits per heavy atom. The van der Waals surface area contributed by atoms with E-state index in [1.165, 1.54) is 11.6 Å². The molecule has 0 spiro atoms. The minimum Gasteiger partial charge on any atom is -0.491 e. The fourth-order valence-corrected chi connectivity index (χ4v) is 2.23. The molecule has 3 rings (SSSR count). The van der Waals surface area contributed by atoms with Crippen LogP contribution in [0.15, 0.2) is 33.9 Å². The fraction of sp³-hybridized carbons (Fsp3) is 0.231. The third-order valence-corrected chi connectivity index (χ3v) is 3.39. The number of para-hydroxylation sites is 1. The predicted octanol–water partition coefficient (Wildman–Crippen LogP) is 0.201. The number of nitrogens with one attached hydrogen (secondary N) is 2. The average molecular weight is 274 g/mol. The van der Waals surface area contributed by atoms with Crippen molar-refractivity contribution in [2.45, 2.75) is 6.04 Å². The van der Waals surface area contributed by atoms with Gasteiger partial charge in [-0.1, -0.05) is 18.2 Å². The lowest BCUT2D eigenvalue weighted by molar-refractivity contribution is 0.339. The third kappa shape index (κ3) is 1.83. The Bertz CT molecular complexity index is 778. The number of ether oxygens (including phenoxy) is 1. The summed E-state index contributed by atoms with van der Waals surface area (Å²) in [6.07, 6.45) is 0. The lowest BCUT2D eigenvalue weighted by atomic mass is 10.1. The van der Waals surface area contributed by atoms with Crippen molar-refractivity contribution >= 4 is 11.5 Å². The summed E-state index contributed by atoms with van der Waals surface area (Å²) in [5.74, 6) is 0.882. The third-order valence-electron chi connectivity index (χ3n) is 3.39. The lowest BCUT2D eigenvalue weighted by Gasteiger charge is -2.15. The molecule has 4 N–H and O–H groups in total. The summed E-state index contributed by atoms with van der Waals surface area (Å²) in [5, 5.41) is 3.05. The van der Waals surface area contributed by atoms with Gasteiger partial charge in [0, 0.05) is 12.6 Å². The molecule has 0 aliphatic carbocycles. The molecular formula is C13H14N4O3. The molecule has 104 valence electrons. The van der Waals surface area contributed by atoms with Crippen molar-refractivity contribution in [1.82, 2.24) is 9.55 Å². The van der Waals surface area contributed by atoms with Crippen molar-refractivity contribution in [3.63, 3.8) is 0 Å². The smallest absolute Gasteiger partial charge is 0.329 e. The number of nitrogens with two attached hydrogens (primary N) is 1. The number of hydrogen-bond donors (Lipinski definition) is 3. The summed E-state index contributed by atoms with van der Waals surface area (Å²) in [6.45, 7) is 0.404. The number of nitrogens with zero attached hydrogens (tertiary/aromatic N) is 1. The monoisotopic (exact) mass is 274 g/mol. The second-order valence-corrected chi connectivity index (χ2v) is 4.62. The molecule has 20 heavy (non-hydrogen) atoms. The Morgan fingerprint density at radius 2 is 2.15 bits per heavy atom. The second kappa shape index (κ2) is 4.44. The van der Waals surface area contributed by atoms with Gasteiger partial charge in [-0.15, -0.1) is 0 Å². The van der Waals surface area contributed by atoms with Gasteiger partial charge in [-0.25, -0.2) is 4.79 Å². The quantitative estimate of drug-likeness (QED) is 0.726. The molecule has 0 radical (unpaired) electrons. The number of rotatable bonds is 2. The summed E-state index contributed by atoms with van der Waals surface area (Å²) < 4.78 is 6.72. The van der Waals surface area contributed by atoms with Gasteiger partial charge in [-0.3, -0.25) is 14.3 Å². The minimum atomic E-state index is -0.541. The first-order valence-corrected chi connectivity index (χ1v) is 6.15. The van der Waals surface area contributed by atoms with E-state index in [4.69, 9.17) is 10.5 Å². The minimum absolute atomic E-state index is 0.100. The molecule has 1 unspecified atom stereocenters. The highest BCUT2D eigenvalue weighted by atomic mass is 16.5. The topological polar surface area (TPSA) is 102 Å². The standard InChI is InChI=1S/C13H14N4O3/c1-17-11(14)10(12(18)16-13(17)19)15-8-6-20-9-5-3-2-4-7(8)9/h2-5,8,15H,6,14H2,1H3,(H,16,18,19). The highest BCUT2D eigenvalue weighted by Gasteiger charge is 2.25. The van der Waals surface area contributed by atoms with Crippen LogP contribution in [0.1, 0.15) is 11.6 Å². The molecular weight excluding hydrogens is 260 g/mol. The summed E-state index contributed by atoms with van der Waals surface area (Å²) in [6, 6.07) is 7.40. The summed E-state index contributed by atoms with van der Waals surface area (Å²) in [4.78, 5) is 25.5. The molecule has 0 bridgehead atoms. The summed E-state index contributed by atoms with van der Waals surface area (Å²) >= 11 is 0. The van der Waals surface area contributed by atoms with Crippen LogP contribution >= 0.6 is 0 Å². The van der Waals surface area contributed by atoms with Crippen LogP contribution in [0.3, 0.4) is 0 Å². The van der Waals surface area contributed by atoms with E-state index in [2.05, 4.69) is 10.3 Å². The molecule has 1 aliphatic heterocycles. The molecule has 1 atom stereocenters. The molecule has 2 heterocycles. The van der Waals surface area contributed by atoms with E-state index in [9.17, 15) is 9.59 Å². The highest BCUT2D eigenvalue weighted by Crippen LogP contribution is 2.34. The Hall–Kier alpha value is -2.70. The van der Waals surface area contributed by atoms with Gasteiger partial charge in [0.15, 0.2) is 0 Å². The van der Waals surface area contributed by atoms with Crippen molar-refractivity contribution < 1.29 is 4.74 Å². The first kappa shape index (κ1) is 12.3. The van der Waals surface area contributed by atoms with Crippen molar-refractivity contribution in [2.75, 3.05) is 17.7 Å². The van der Waals surface area contributed by atoms with Crippen LogP contribution < -0.4 is 27.0 Å². The van der Waals surface area contributed by atoms with Gasteiger partial charge in [0.1, 0.15) is 23.9 Å². The van der Waals surface area contributed by atoms with Crippen LogP contribution in [-0.4, -0.2) is 16.2 Å². The van der Waals surface area contributed by atoms with E-state index in [-0.39, 0.29) is 17.5 Å². The van der Waals surface area contributed by atoms with Gasteiger partial charge in [0.25, 0.3) is 5.56 Å². The van der Waals surface area contributed by atoms with Crippen molar-refractivity contribution in [3.05, 3.63) is 50.7 Å². The summed E-state index contributed by atoms with van der Waals surface area (Å²) in [7, 11) is 1.50. The van der Waals surface area contributed by atoms with Gasteiger partial charge in [0.2, 0.25) is 0 Å². The molecule has 0 fully saturated rings. The van der Waals surface area contributed by atoms with Crippen molar-refractivity contribution in [1.29, 1.82) is 0 Å². The first-order valence-electron chi connectivity index (χ1n) is 6.15. The first-order chi connectivity index (χ1) is 9.58. The zero-order valence-corrected chi connectivity index (χ0v) is 10.8. The molecule has 0 amide bonds. The Balaban J connectivity index is 2.00. The molecule has 1 aromatic heterocycles. The normalized spacial score (nSPS) is 16.6. The van der Waals surface area contributed by atoms with Crippen molar-refractivity contribution in [2.24, 2.45) is 7.05 Å². The predicted molar refractivity (Wildman–Crippen MR) is 75.0 cm³/mol. The molecule has 2 aromatic rings. The number of aromatic amines is 1. The molecule has 0 saturated carbocycles. The van der Waals surface area contributed by atoms with E-state index in [1.54, 1.807) is 0 Å². The number of aromatic nitrogens is 2. The summed E-state index contributed by atoms with van der Waals surface area (Å²) in [5.41, 5.74) is 5.89. The molecule has 0 saturated heterocycles. The lowest BCUT2D eigenvalue weighted by Crippen LogP contribution is -2.33. The molecule has 1 aliphatic rings. The molecule has 7 heteroatoms. The maximum atomic E-state index is 11.9. The van der Waals surface area contributed by atoms with Crippen LogP contribution in [0.2, 0.25) is 0 Å². The van der Waals surface area contributed by atoms with Crippen molar-refractivity contribution in [3.8, 4) is 5.75 Å². The van der Waals surface area contributed by atoms with Gasteiger partial charge < -0.3 is 15.8 Å². The van der Waals surface area contributed by atoms with Crippen LogP contribution in [0, 0.1) is 0 Å². The maximum Gasteiger partial charge on any atom is 0.329 e. The fourth-order valence-electron chi connectivity index (χ4n) is 2.23. The number of hydrogen-bond acceptors (Lipinski definition) is 5. The Kier molecular flexibility index (Phi) is 2.74. The average Bonchev–Trinajstić information content (AvgIpc) is 2.84. The van der Waals surface area contributed by atoms with Crippen LogP contribution in [0.25, 0.3) is 0 Å². The SMILES string of the molecule is Cn1c(N)c(NC2COc3ccccc32)c(=O)[nH]c1=O. The van der Waals surface area contributed by atoms with E-state index in [1.807, 2.05) is 24.3 Å². The maximum absolute atomic E-state index is 11.9. The zero-order chi connectivity index (χ0) is 14.3. The van der Waals surface area contributed by atoms with Gasteiger partial charge >= 0.3 is 5.69 Å². The number of anilines is 2. The van der Waals surface area contributed by atoms with E-state index in [0.717, 1.165) is 11.3 Å². The zero-order valence-electron chi connectivity index (χ0n) is 10.8. The number of benzene rings is 1. The second-order valence-electron chi connectivity index (χ2n) is 4.62. The Labute approximate surface area is 114 Å². The molecule has 7 nitrogen and oxygen atoms in total. The van der Waals surface area contributed by atoms with E-state index < -0.39 is 11.2 Å². The Morgan fingerprint density at radius 1 is 1.40 bits per heavy atom. The van der Waals surface area contributed by atoms with Gasteiger partial charge in [0.05, 0.1) is 6.04 Å². The number of nitrogen functional groups attached to an aromatic ring is 1. The molecule has 1 aromatic carbocycles. The van der Waals surface area contributed by atoms with Crippen LogP contribution in [0.5, 0.6) is 5.75 Å². The van der Waals surface area contributed by atoms with Gasteiger partial charge in [-0.05, 0) is 6.07 Å². The van der Waals surface area contributed by atoms with E-state index in [0.29, 0.717) is 6.61 Å². The number of H-pyrrole nitrogens is 1.